The SMILES string of the molecule is O=C(Cn1c(Cc2ccccc2Cl)nc2ccccc21)Nc1ccccc1Cl. The molecule has 1 heterocycles. The van der Waals surface area contributed by atoms with Crippen LogP contribution in [-0.2, 0) is 17.8 Å². The molecule has 1 amide bonds. The van der Waals surface area contributed by atoms with Gasteiger partial charge in [-0.1, -0.05) is 65.7 Å². The lowest BCUT2D eigenvalue weighted by Crippen LogP contribution is -2.20. The van der Waals surface area contributed by atoms with Crippen LogP contribution in [0.4, 0.5) is 5.69 Å². The molecule has 0 atom stereocenters. The summed E-state index contributed by atoms with van der Waals surface area (Å²) >= 11 is 12.5. The number of hydrogen-bond donors (Lipinski definition) is 1. The first-order chi connectivity index (χ1) is 13.6. The summed E-state index contributed by atoms with van der Waals surface area (Å²) in [5.41, 5.74) is 3.30. The number of fused-ring (bicyclic) bond motifs is 1. The second-order valence-electron chi connectivity index (χ2n) is 6.40. The van der Waals surface area contributed by atoms with Gasteiger partial charge < -0.3 is 9.88 Å². The van der Waals surface area contributed by atoms with Gasteiger partial charge in [-0.3, -0.25) is 4.79 Å². The van der Waals surface area contributed by atoms with E-state index in [4.69, 9.17) is 28.2 Å². The predicted octanol–water partition coefficient (Wildman–Crippen LogP) is 5.57. The van der Waals surface area contributed by atoms with Crippen LogP contribution in [0.25, 0.3) is 11.0 Å². The normalized spacial score (nSPS) is 10.9. The molecule has 0 aliphatic heterocycles. The summed E-state index contributed by atoms with van der Waals surface area (Å²) in [7, 11) is 0. The number of nitrogens with zero attached hydrogens (tertiary/aromatic N) is 2. The molecule has 4 rings (SSSR count). The number of benzene rings is 3. The lowest BCUT2D eigenvalue weighted by molar-refractivity contribution is -0.116. The molecule has 1 N–H and O–H groups in total. The summed E-state index contributed by atoms with van der Waals surface area (Å²) in [4.78, 5) is 17.4. The number of imidazole rings is 1. The highest BCUT2D eigenvalue weighted by Crippen LogP contribution is 2.24. The Morgan fingerprint density at radius 1 is 0.893 bits per heavy atom. The Kier molecular flexibility index (Phi) is 5.33. The topological polar surface area (TPSA) is 46.9 Å². The zero-order valence-electron chi connectivity index (χ0n) is 14.9. The number of rotatable bonds is 5. The standard InChI is InChI=1S/C22H17Cl2N3O/c23-16-8-2-1-7-15(16)13-21-25-19-11-5-6-12-20(19)27(21)14-22(28)26-18-10-4-3-9-17(18)24/h1-12H,13-14H2,(H,26,28). The molecule has 0 spiro atoms. The second-order valence-corrected chi connectivity index (χ2v) is 7.21. The smallest absolute Gasteiger partial charge is 0.244 e. The van der Waals surface area contributed by atoms with Gasteiger partial charge in [0, 0.05) is 11.4 Å². The van der Waals surface area contributed by atoms with Gasteiger partial charge in [-0.2, -0.15) is 0 Å². The van der Waals surface area contributed by atoms with Crippen LogP contribution < -0.4 is 5.32 Å². The molecule has 6 heteroatoms. The molecule has 0 bridgehead atoms. The lowest BCUT2D eigenvalue weighted by Gasteiger charge is -2.11. The predicted molar refractivity (Wildman–Crippen MR) is 114 cm³/mol. The molecule has 4 nitrogen and oxygen atoms in total. The molecule has 0 aliphatic carbocycles. The Hall–Kier alpha value is -2.82. The minimum Gasteiger partial charge on any atom is -0.323 e. The van der Waals surface area contributed by atoms with Crippen LogP contribution in [0.3, 0.4) is 0 Å². The fraction of sp³-hybridized carbons (Fsp3) is 0.0909. The second kappa shape index (κ2) is 8.05. The van der Waals surface area contributed by atoms with Gasteiger partial charge in [0.25, 0.3) is 0 Å². The molecule has 0 aliphatic rings. The third kappa shape index (κ3) is 3.88. The fourth-order valence-corrected chi connectivity index (χ4v) is 3.53. The van der Waals surface area contributed by atoms with Crippen molar-refractivity contribution in [3.8, 4) is 0 Å². The van der Waals surface area contributed by atoms with Gasteiger partial charge in [0.15, 0.2) is 0 Å². The maximum atomic E-state index is 12.7. The summed E-state index contributed by atoms with van der Waals surface area (Å²) < 4.78 is 1.92. The van der Waals surface area contributed by atoms with Crippen molar-refractivity contribution in [2.75, 3.05) is 5.32 Å². The highest BCUT2D eigenvalue weighted by Gasteiger charge is 2.15. The van der Waals surface area contributed by atoms with Gasteiger partial charge in [-0.05, 0) is 35.9 Å². The largest absolute Gasteiger partial charge is 0.323 e. The number of carbonyl (C=O) groups is 1. The zero-order chi connectivity index (χ0) is 19.5. The molecule has 28 heavy (non-hydrogen) atoms. The van der Waals surface area contributed by atoms with E-state index in [1.807, 2.05) is 65.2 Å². The van der Waals surface area contributed by atoms with Crippen molar-refractivity contribution in [3.05, 3.63) is 94.2 Å². The van der Waals surface area contributed by atoms with E-state index in [0.29, 0.717) is 22.2 Å². The maximum absolute atomic E-state index is 12.7. The van der Waals surface area contributed by atoms with E-state index in [9.17, 15) is 4.79 Å². The lowest BCUT2D eigenvalue weighted by atomic mass is 10.1. The first kappa shape index (κ1) is 18.5. The summed E-state index contributed by atoms with van der Waals surface area (Å²) in [6, 6.07) is 22.6. The molecule has 140 valence electrons. The first-order valence-corrected chi connectivity index (χ1v) is 9.59. The highest BCUT2D eigenvalue weighted by atomic mass is 35.5. The molecule has 1 aromatic heterocycles. The Bertz CT molecular complexity index is 1150. The molecular formula is C22H17Cl2N3O. The quantitative estimate of drug-likeness (QED) is 0.468. The van der Waals surface area contributed by atoms with Gasteiger partial charge in [0.05, 0.1) is 21.7 Å². The van der Waals surface area contributed by atoms with Crippen LogP contribution in [0.2, 0.25) is 10.0 Å². The Labute approximate surface area is 172 Å². The van der Waals surface area contributed by atoms with E-state index >= 15 is 0 Å². The van der Waals surface area contributed by atoms with Crippen LogP contribution in [-0.4, -0.2) is 15.5 Å². The van der Waals surface area contributed by atoms with Crippen molar-refractivity contribution in [2.24, 2.45) is 0 Å². The van der Waals surface area contributed by atoms with Crippen LogP contribution in [0.15, 0.2) is 72.8 Å². The minimum absolute atomic E-state index is 0.130. The average Bonchev–Trinajstić information content (AvgIpc) is 3.03. The Balaban J connectivity index is 1.66. The van der Waals surface area contributed by atoms with Gasteiger partial charge in [-0.15, -0.1) is 0 Å². The molecule has 0 saturated heterocycles. The number of anilines is 1. The van der Waals surface area contributed by atoms with Crippen molar-refractivity contribution < 1.29 is 4.79 Å². The maximum Gasteiger partial charge on any atom is 0.244 e. The van der Waals surface area contributed by atoms with Crippen molar-refractivity contribution >= 4 is 45.8 Å². The molecule has 4 aromatic rings. The number of halogens is 2. The van der Waals surface area contributed by atoms with Crippen LogP contribution in [0, 0.1) is 0 Å². The number of carbonyl (C=O) groups excluding carboxylic acids is 1. The van der Waals surface area contributed by atoms with Crippen molar-refractivity contribution in [1.82, 2.24) is 9.55 Å². The Morgan fingerprint density at radius 2 is 1.57 bits per heavy atom. The van der Waals surface area contributed by atoms with Crippen molar-refractivity contribution in [2.45, 2.75) is 13.0 Å². The fourth-order valence-electron chi connectivity index (χ4n) is 3.14. The zero-order valence-corrected chi connectivity index (χ0v) is 16.4. The Morgan fingerprint density at radius 3 is 2.36 bits per heavy atom. The highest BCUT2D eigenvalue weighted by molar-refractivity contribution is 6.33. The van der Waals surface area contributed by atoms with E-state index in [0.717, 1.165) is 22.4 Å². The van der Waals surface area contributed by atoms with Crippen molar-refractivity contribution in [3.63, 3.8) is 0 Å². The summed E-state index contributed by atoms with van der Waals surface area (Å²) in [5, 5.41) is 4.05. The molecule has 3 aromatic carbocycles. The van der Waals surface area contributed by atoms with Gasteiger partial charge in [0.2, 0.25) is 5.91 Å². The van der Waals surface area contributed by atoms with Crippen LogP contribution in [0.5, 0.6) is 0 Å². The van der Waals surface area contributed by atoms with Crippen LogP contribution in [0.1, 0.15) is 11.4 Å². The van der Waals surface area contributed by atoms with Gasteiger partial charge in [-0.25, -0.2) is 4.98 Å². The van der Waals surface area contributed by atoms with Gasteiger partial charge >= 0.3 is 0 Å². The van der Waals surface area contributed by atoms with E-state index in [2.05, 4.69) is 5.32 Å². The number of nitrogens with one attached hydrogen (secondary N) is 1. The van der Waals surface area contributed by atoms with E-state index in [1.54, 1.807) is 12.1 Å². The molecule has 0 unspecified atom stereocenters. The first-order valence-electron chi connectivity index (χ1n) is 8.84. The monoisotopic (exact) mass is 409 g/mol. The van der Waals surface area contributed by atoms with E-state index in [1.165, 1.54) is 0 Å². The van der Waals surface area contributed by atoms with Crippen LogP contribution >= 0.6 is 23.2 Å². The summed E-state index contributed by atoms with van der Waals surface area (Å²) in [6.07, 6.45) is 0.535. The van der Waals surface area contributed by atoms with E-state index in [-0.39, 0.29) is 12.5 Å². The van der Waals surface area contributed by atoms with Gasteiger partial charge in [0.1, 0.15) is 12.4 Å². The molecular weight excluding hydrogens is 393 g/mol. The number of amides is 1. The third-order valence-corrected chi connectivity index (χ3v) is 5.19. The number of hydrogen-bond acceptors (Lipinski definition) is 2. The summed E-state index contributed by atoms with van der Waals surface area (Å²) in [6.45, 7) is 0.130. The third-order valence-electron chi connectivity index (χ3n) is 4.49. The summed E-state index contributed by atoms with van der Waals surface area (Å²) in [5.74, 6) is 0.611. The van der Waals surface area contributed by atoms with E-state index < -0.39 is 0 Å². The molecule has 0 fully saturated rings. The number of para-hydroxylation sites is 3. The number of aromatic nitrogens is 2. The molecule has 0 radical (unpaired) electrons. The van der Waals surface area contributed by atoms with Crippen molar-refractivity contribution in [1.29, 1.82) is 0 Å². The average molecular weight is 410 g/mol. The molecule has 0 saturated carbocycles. The minimum atomic E-state index is -0.170.